The van der Waals surface area contributed by atoms with Crippen molar-refractivity contribution in [2.75, 3.05) is 0 Å². The predicted molar refractivity (Wildman–Crippen MR) is 55.1 cm³/mol. The van der Waals surface area contributed by atoms with E-state index in [0.29, 0.717) is 22.0 Å². The number of nitro benzene ring substituents is 1. The van der Waals surface area contributed by atoms with E-state index in [-0.39, 0.29) is 5.69 Å². The SMILES string of the molecule is Cc1c([N+](=O)[O-])ccc2c(C=O)c[nH]c12. The molecule has 1 aromatic carbocycles. The molecular formula is C10H8N2O3. The third-order valence-electron chi connectivity index (χ3n) is 2.44. The standard InChI is InChI=1S/C10H8N2O3/c1-6-9(12(14)15)3-2-8-7(5-13)4-11-10(6)8/h2-5,11H,1H3. The second-order valence-corrected chi connectivity index (χ2v) is 3.25. The van der Waals surface area contributed by atoms with Gasteiger partial charge in [-0.25, -0.2) is 0 Å². The van der Waals surface area contributed by atoms with Crippen LogP contribution in [0.2, 0.25) is 0 Å². The van der Waals surface area contributed by atoms with Crippen molar-refractivity contribution < 1.29 is 9.72 Å². The molecular weight excluding hydrogens is 196 g/mol. The molecule has 0 aliphatic rings. The zero-order valence-corrected chi connectivity index (χ0v) is 7.98. The number of fused-ring (bicyclic) bond motifs is 1. The summed E-state index contributed by atoms with van der Waals surface area (Å²) in [5, 5.41) is 11.4. The minimum atomic E-state index is -0.434. The van der Waals surface area contributed by atoms with E-state index in [1.165, 1.54) is 6.07 Å². The minimum Gasteiger partial charge on any atom is -0.360 e. The van der Waals surface area contributed by atoms with Gasteiger partial charge in [0.1, 0.15) is 0 Å². The second kappa shape index (κ2) is 3.20. The number of aldehydes is 1. The zero-order valence-electron chi connectivity index (χ0n) is 7.98. The molecule has 5 nitrogen and oxygen atoms in total. The molecule has 0 radical (unpaired) electrons. The minimum absolute atomic E-state index is 0.0572. The highest BCUT2D eigenvalue weighted by molar-refractivity contribution is 5.99. The Kier molecular flexibility index (Phi) is 2.00. The van der Waals surface area contributed by atoms with Crippen LogP contribution in [-0.4, -0.2) is 16.2 Å². The van der Waals surface area contributed by atoms with Gasteiger partial charge in [0.2, 0.25) is 0 Å². The number of nitrogens with one attached hydrogen (secondary N) is 1. The van der Waals surface area contributed by atoms with Crippen molar-refractivity contribution in [3.05, 3.63) is 39.6 Å². The number of aromatic amines is 1. The summed E-state index contributed by atoms with van der Waals surface area (Å²) >= 11 is 0. The van der Waals surface area contributed by atoms with Crippen molar-refractivity contribution in [1.29, 1.82) is 0 Å². The van der Waals surface area contributed by atoms with E-state index in [9.17, 15) is 14.9 Å². The Morgan fingerprint density at radius 3 is 2.80 bits per heavy atom. The van der Waals surface area contributed by atoms with Gasteiger partial charge in [-0.05, 0) is 13.0 Å². The van der Waals surface area contributed by atoms with Crippen molar-refractivity contribution in [3.8, 4) is 0 Å². The monoisotopic (exact) mass is 204 g/mol. The maximum Gasteiger partial charge on any atom is 0.274 e. The van der Waals surface area contributed by atoms with Crippen LogP contribution in [0.15, 0.2) is 18.3 Å². The molecule has 5 heteroatoms. The predicted octanol–water partition coefficient (Wildman–Crippen LogP) is 2.20. The Morgan fingerprint density at radius 1 is 1.47 bits per heavy atom. The number of H-pyrrole nitrogens is 1. The molecule has 76 valence electrons. The van der Waals surface area contributed by atoms with E-state index in [1.54, 1.807) is 19.2 Å². The Hall–Kier alpha value is -2.17. The highest BCUT2D eigenvalue weighted by Gasteiger charge is 2.15. The summed E-state index contributed by atoms with van der Waals surface area (Å²) in [6.45, 7) is 1.66. The summed E-state index contributed by atoms with van der Waals surface area (Å²) < 4.78 is 0. The fraction of sp³-hybridized carbons (Fsp3) is 0.100. The fourth-order valence-electron chi connectivity index (χ4n) is 1.65. The van der Waals surface area contributed by atoms with E-state index in [1.807, 2.05) is 0 Å². The number of carbonyl (C=O) groups is 1. The van der Waals surface area contributed by atoms with Crippen LogP contribution in [0.5, 0.6) is 0 Å². The average Bonchev–Trinajstić information content (AvgIpc) is 2.61. The van der Waals surface area contributed by atoms with Crippen LogP contribution < -0.4 is 0 Å². The number of nitrogens with zero attached hydrogens (tertiary/aromatic N) is 1. The summed E-state index contributed by atoms with van der Waals surface area (Å²) in [7, 11) is 0. The Balaban J connectivity index is 2.81. The largest absolute Gasteiger partial charge is 0.360 e. The smallest absolute Gasteiger partial charge is 0.274 e. The van der Waals surface area contributed by atoms with E-state index in [0.717, 1.165) is 6.29 Å². The summed E-state index contributed by atoms with van der Waals surface area (Å²) in [6, 6.07) is 3.00. The third-order valence-corrected chi connectivity index (χ3v) is 2.44. The highest BCUT2D eigenvalue weighted by Crippen LogP contribution is 2.27. The topological polar surface area (TPSA) is 76.0 Å². The van der Waals surface area contributed by atoms with E-state index >= 15 is 0 Å². The van der Waals surface area contributed by atoms with E-state index in [4.69, 9.17) is 0 Å². The Bertz CT molecular complexity index is 557. The first-order valence-corrected chi connectivity index (χ1v) is 4.35. The van der Waals surface area contributed by atoms with Crippen LogP contribution in [-0.2, 0) is 0 Å². The molecule has 0 atom stereocenters. The van der Waals surface area contributed by atoms with Crippen LogP contribution in [0.25, 0.3) is 10.9 Å². The van der Waals surface area contributed by atoms with Crippen LogP contribution >= 0.6 is 0 Å². The van der Waals surface area contributed by atoms with Crippen molar-refractivity contribution in [2.24, 2.45) is 0 Å². The van der Waals surface area contributed by atoms with Gasteiger partial charge in [0.15, 0.2) is 6.29 Å². The molecule has 2 rings (SSSR count). The second-order valence-electron chi connectivity index (χ2n) is 3.25. The molecule has 0 saturated carbocycles. The molecule has 0 amide bonds. The highest BCUT2D eigenvalue weighted by atomic mass is 16.6. The summed E-state index contributed by atoms with van der Waals surface area (Å²) in [4.78, 5) is 23.8. The molecule has 2 aromatic rings. The third kappa shape index (κ3) is 1.28. The molecule has 15 heavy (non-hydrogen) atoms. The quantitative estimate of drug-likeness (QED) is 0.462. The first kappa shape index (κ1) is 9.39. The van der Waals surface area contributed by atoms with Gasteiger partial charge in [-0.1, -0.05) is 0 Å². The Labute approximate surface area is 84.9 Å². The van der Waals surface area contributed by atoms with Crippen molar-refractivity contribution in [2.45, 2.75) is 6.92 Å². The summed E-state index contributed by atoms with van der Waals surface area (Å²) in [5.41, 5.74) is 1.77. The molecule has 0 saturated heterocycles. The van der Waals surface area contributed by atoms with Crippen LogP contribution in [0.3, 0.4) is 0 Å². The van der Waals surface area contributed by atoms with Gasteiger partial charge in [-0.15, -0.1) is 0 Å². The first-order valence-electron chi connectivity index (χ1n) is 4.35. The number of hydrogen-bond donors (Lipinski definition) is 1. The zero-order chi connectivity index (χ0) is 11.0. The van der Waals surface area contributed by atoms with Gasteiger partial charge in [0, 0.05) is 23.2 Å². The normalized spacial score (nSPS) is 10.5. The average molecular weight is 204 g/mol. The van der Waals surface area contributed by atoms with Gasteiger partial charge in [-0.2, -0.15) is 0 Å². The molecule has 0 aliphatic carbocycles. The van der Waals surface area contributed by atoms with Crippen molar-refractivity contribution in [3.63, 3.8) is 0 Å². The van der Waals surface area contributed by atoms with Gasteiger partial charge < -0.3 is 4.98 Å². The van der Waals surface area contributed by atoms with Crippen LogP contribution in [0, 0.1) is 17.0 Å². The van der Waals surface area contributed by atoms with Crippen molar-refractivity contribution >= 4 is 22.9 Å². The van der Waals surface area contributed by atoms with E-state index < -0.39 is 4.92 Å². The van der Waals surface area contributed by atoms with E-state index in [2.05, 4.69) is 4.98 Å². The van der Waals surface area contributed by atoms with Gasteiger partial charge in [0.25, 0.3) is 5.69 Å². The molecule has 0 unspecified atom stereocenters. The molecule has 1 aromatic heterocycles. The lowest BCUT2D eigenvalue weighted by Crippen LogP contribution is -1.92. The lowest BCUT2D eigenvalue weighted by Gasteiger charge is -1.98. The van der Waals surface area contributed by atoms with Crippen molar-refractivity contribution in [1.82, 2.24) is 4.98 Å². The number of nitro groups is 1. The molecule has 0 aliphatic heterocycles. The van der Waals surface area contributed by atoms with Gasteiger partial charge in [-0.3, -0.25) is 14.9 Å². The number of aryl methyl sites for hydroxylation is 1. The molecule has 1 N–H and O–H groups in total. The summed E-state index contributed by atoms with van der Waals surface area (Å²) in [6.07, 6.45) is 2.28. The first-order chi connectivity index (χ1) is 7.15. The van der Waals surface area contributed by atoms with Crippen LogP contribution in [0.4, 0.5) is 5.69 Å². The molecule has 0 spiro atoms. The maximum absolute atomic E-state index is 10.7. The number of hydrogen-bond acceptors (Lipinski definition) is 3. The van der Waals surface area contributed by atoms with Gasteiger partial charge in [0.05, 0.1) is 16.0 Å². The number of rotatable bonds is 2. The van der Waals surface area contributed by atoms with Crippen LogP contribution in [0.1, 0.15) is 15.9 Å². The number of benzene rings is 1. The fourth-order valence-corrected chi connectivity index (χ4v) is 1.65. The molecule has 1 heterocycles. The molecule has 0 fully saturated rings. The number of carbonyl (C=O) groups excluding carboxylic acids is 1. The summed E-state index contributed by atoms with van der Waals surface area (Å²) in [5.74, 6) is 0. The van der Waals surface area contributed by atoms with Gasteiger partial charge >= 0.3 is 0 Å². The Morgan fingerprint density at radius 2 is 2.20 bits per heavy atom. The lowest BCUT2D eigenvalue weighted by atomic mass is 10.1. The lowest BCUT2D eigenvalue weighted by molar-refractivity contribution is -0.385. The number of aromatic nitrogens is 1. The molecule has 0 bridgehead atoms. The maximum atomic E-state index is 10.7.